The van der Waals surface area contributed by atoms with Crippen LogP contribution in [0.1, 0.15) is 25.3 Å². The van der Waals surface area contributed by atoms with Crippen LogP contribution in [0.4, 0.5) is 5.00 Å². The van der Waals surface area contributed by atoms with Gasteiger partial charge in [-0.25, -0.2) is 4.85 Å². The Morgan fingerprint density at radius 3 is 2.70 bits per heavy atom. The second-order valence-corrected chi connectivity index (χ2v) is 3.34. The number of hydrogen-bond donors (Lipinski definition) is 0. The van der Waals surface area contributed by atoms with Gasteiger partial charge in [-0.15, -0.1) is 0 Å². The molecule has 1 aromatic heterocycles. The van der Waals surface area contributed by atoms with Crippen molar-refractivity contribution >= 4 is 16.3 Å². The Labute approximate surface area is 65.1 Å². The van der Waals surface area contributed by atoms with E-state index in [1.807, 2.05) is 11.4 Å². The average Bonchev–Trinajstić information content (AvgIpc) is 2.33. The first-order valence-electron chi connectivity index (χ1n) is 3.20. The molecule has 0 saturated heterocycles. The van der Waals surface area contributed by atoms with E-state index < -0.39 is 0 Å². The molecule has 1 rings (SSSR count). The Balaban J connectivity index is 3.05. The van der Waals surface area contributed by atoms with Gasteiger partial charge in [-0.3, -0.25) is 0 Å². The summed E-state index contributed by atoms with van der Waals surface area (Å²) in [4.78, 5) is 3.42. The maximum atomic E-state index is 6.83. The fourth-order valence-corrected chi connectivity index (χ4v) is 1.68. The van der Waals surface area contributed by atoms with Gasteiger partial charge >= 0.3 is 0 Å². The summed E-state index contributed by atoms with van der Waals surface area (Å²) < 4.78 is 0. The molecule has 0 spiro atoms. The minimum atomic E-state index is 0.482. The highest BCUT2D eigenvalue weighted by molar-refractivity contribution is 7.14. The molecule has 0 bridgehead atoms. The third-order valence-electron chi connectivity index (χ3n) is 1.40. The Bertz CT molecular complexity index is 254. The zero-order chi connectivity index (χ0) is 7.56. The minimum absolute atomic E-state index is 0.482. The summed E-state index contributed by atoms with van der Waals surface area (Å²) in [6, 6.07) is 2.03. The lowest BCUT2D eigenvalue weighted by molar-refractivity contribution is 0.876. The number of thiophene rings is 1. The molecule has 1 heterocycles. The van der Waals surface area contributed by atoms with Crippen molar-refractivity contribution < 1.29 is 0 Å². The van der Waals surface area contributed by atoms with E-state index in [0.29, 0.717) is 5.92 Å². The molecule has 2 heteroatoms. The van der Waals surface area contributed by atoms with E-state index in [1.54, 1.807) is 0 Å². The third kappa shape index (κ3) is 1.19. The molecule has 0 aromatic carbocycles. The molecule has 0 aliphatic heterocycles. The molecule has 0 amide bonds. The van der Waals surface area contributed by atoms with Crippen LogP contribution >= 0.6 is 11.3 Å². The maximum Gasteiger partial charge on any atom is 0.244 e. The maximum absolute atomic E-state index is 6.83. The van der Waals surface area contributed by atoms with Crippen molar-refractivity contribution in [3.8, 4) is 0 Å². The second kappa shape index (κ2) is 2.85. The van der Waals surface area contributed by atoms with Crippen molar-refractivity contribution in [2.45, 2.75) is 19.8 Å². The van der Waals surface area contributed by atoms with E-state index >= 15 is 0 Å². The van der Waals surface area contributed by atoms with Crippen LogP contribution in [0.15, 0.2) is 11.4 Å². The van der Waals surface area contributed by atoms with Crippen molar-refractivity contribution in [1.29, 1.82) is 0 Å². The minimum Gasteiger partial charge on any atom is -0.226 e. The van der Waals surface area contributed by atoms with Gasteiger partial charge in [-0.05, 0) is 16.9 Å². The number of hydrogen-bond acceptors (Lipinski definition) is 1. The predicted molar refractivity (Wildman–Crippen MR) is 44.7 cm³/mol. The molecular weight excluding hydrogens is 142 g/mol. The zero-order valence-electron chi connectivity index (χ0n) is 6.09. The summed E-state index contributed by atoms with van der Waals surface area (Å²) in [5, 5.41) is 2.82. The first-order valence-corrected chi connectivity index (χ1v) is 4.08. The lowest BCUT2D eigenvalue weighted by Crippen LogP contribution is -1.80. The molecule has 0 aliphatic carbocycles. The smallest absolute Gasteiger partial charge is 0.226 e. The summed E-state index contributed by atoms with van der Waals surface area (Å²) in [6.45, 7) is 11.0. The summed E-state index contributed by atoms with van der Waals surface area (Å²) in [5.41, 5.74) is 1.18. The molecule has 0 unspecified atom stereocenters. The SMILES string of the molecule is [C-]#[N+]c1sccc1C(C)C. The van der Waals surface area contributed by atoms with Gasteiger partial charge in [0.05, 0.1) is 6.57 Å². The Hall–Kier alpha value is -0.810. The fraction of sp³-hybridized carbons (Fsp3) is 0.375. The van der Waals surface area contributed by atoms with E-state index in [0.717, 1.165) is 5.00 Å². The van der Waals surface area contributed by atoms with Crippen LogP contribution in [0, 0.1) is 6.57 Å². The monoisotopic (exact) mass is 151 g/mol. The number of rotatable bonds is 1. The van der Waals surface area contributed by atoms with Crippen molar-refractivity contribution in [2.75, 3.05) is 0 Å². The largest absolute Gasteiger partial charge is 0.244 e. The van der Waals surface area contributed by atoms with Crippen LogP contribution in [0.3, 0.4) is 0 Å². The van der Waals surface area contributed by atoms with Crippen LogP contribution in [0.25, 0.3) is 4.85 Å². The second-order valence-electron chi connectivity index (χ2n) is 2.45. The molecule has 1 aromatic rings. The molecule has 10 heavy (non-hydrogen) atoms. The highest BCUT2D eigenvalue weighted by Gasteiger charge is 2.05. The van der Waals surface area contributed by atoms with Crippen LogP contribution < -0.4 is 0 Å². The topological polar surface area (TPSA) is 4.36 Å². The van der Waals surface area contributed by atoms with E-state index in [1.165, 1.54) is 16.9 Å². The summed E-state index contributed by atoms with van der Waals surface area (Å²) in [5.74, 6) is 0.482. The normalized spacial score (nSPS) is 9.80. The Morgan fingerprint density at radius 1 is 1.60 bits per heavy atom. The van der Waals surface area contributed by atoms with Gasteiger partial charge < -0.3 is 0 Å². The van der Waals surface area contributed by atoms with Gasteiger partial charge in [0.15, 0.2) is 0 Å². The molecule has 1 nitrogen and oxygen atoms in total. The van der Waals surface area contributed by atoms with Crippen molar-refractivity contribution in [2.24, 2.45) is 0 Å². The molecule has 0 N–H and O–H groups in total. The molecule has 0 fully saturated rings. The predicted octanol–water partition coefficient (Wildman–Crippen LogP) is 3.42. The first-order chi connectivity index (χ1) is 4.75. The van der Waals surface area contributed by atoms with Crippen molar-refractivity contribution in [3.63, 3.8) is 0 Å². The van der Waals surface area contributed by atoms with Gasteiger partial charge in [-0.1, -0.05) is 19.9 Å². The summed E-state index contributed by atoms with van der Waals surface area (Å²) >= 11 is 1.52. The quantitative estimate of drug-likeness (QED) is 0.542. The highest BCUT2D eigenvalue weighted by atomic mass is 32.1. The first kappa shape index (κ1) is 7.30. The Morgan fingerprint density at radius 2 is 2.30 bits per heavy atom. The average molecular weight is 151 g/mol. The van der Waals surface area contributed by atoms with E-state index in [2.05, 4.69) is 18.7 Å². The molecule has 0 atom stereocenters. The number of nitrogens with zero attached hydrogens (tertiary/aromatic N) is 1. The molecule has 0 aliphatic rings. The Kier molecular flexibility index (Phi) is 2.08. The lowest BCUT2D eigenvalue weighted by Gasteiger charge is -1.99. The fourth-order valence-electron chi connectivity index (χ4n) is 0.841. The van der Waals surface area contributed by atoms with Crippen molar-refractivity contribution in [3.05, 3.63) is 28.4 Å². The molecule has 0 radical (unpaired) electrons. The zero-order valence-corrected chi connectivity index (χ0v) is 6.90. The molecular formula is C8H9NS. The van der Waals surface area contributed by atoms with Crippen molar-refractivity contribution in [1.82, 2.24) is 0 Å². The van der Waals surface area contributed by atoms with Gasteiger partial charge in [-0.2, -0.15) is 11.3 Å². The standard InChI is InChI=1S/C8H9NS/c1-6(2)7-4-5-10-8(7)9-3/h4-6H,1-2H3. The highest BCUT2D eigenvalue weighted by Crippen LogP contribution is 2.31. The van der Waals surface area contributed by atoms with Gasteiger partial charge in [0.1, 0.15) is 0 Å². The van der Waals surface area contributed by atoms with Crippen LogP contribution in [0.5, 0.6) is 0 Å². The van der Waals surface area contributed by atoms with Crippen LogP contribution in [-0.2, 0) is 0 Å². The summed E-state index contributed by atoms with van der Waals surface area (Å²) in [6.07, 6.45) is 0. The lowest BCUT2D eigenvalue weighted by atomic mass is 10.1. The molecule has 0 saturated carbocycles. The van der Waals surface area contributed by atoms with E-state index in [4.69, 9.17) is 6.57 Å². The van der Waals surface area contributed by atoms with Gasteiger partial charge in [0.25, 0.3) is 0 Å². The summed E-state index contributed by atoms with van der Waals surface area (Å²) in [7, 11) is 0. The van der Waals surface area contributed by atoms with Crippen LogP contribution in [-0.4, -0.2) is 0 Å². The van der Waals surface area contributed by atoms with Crippen LogP contribution in [0.2, 0.25) is 0 Å². The van der Waals surface area contributed by atoms with Gasteiger partial charge in [0, 0.05) is 0 Å². The molecule has 52 valence electrons. The van der Waals surface area contributed by atoms with E-state index in [9.17, 15) is 0 Å². The third-order valence-corrected chi connectivity index (χ3v) is 2.22. The van der Waals surface area contributed by atoms with E-state index in [-0.39, 0.29) is 0 Å². The van der Waals surface area contributed by atoms with Gasteiger partial charge in [0.2, 0.25) is 5.00 Å².